The highest BCUT2D eigenvalue weighted by Gasteiger charge is 2.23. The van der Waals surface area contributed by atoms with Crippen LogP contribution in [-0.4, -0.2) is 15.4 Å². The van der Waals surface area contributed by atoms with E-state index in [1.165, 1.54) is 48.1 Å². The molecule has 0 bridgehead atoms. The number of para-hydroxylation sites is 1. The van der Waals surface area contributed by atoms with E-state index in [9.17, 15) is 19.7 Å². The van der Waals surface area contributed by atoms with Crippen molar-refractivity contribution in [2.45, 2.75) is 0 Å². The fraction of sp³-hybridized carbons (Fsp3) is 0.0769. The minimum absolute atomic E-state index is 0.117. The average molecular weight is 308 g/mol. The third kappa shape index (κ3) is 3.09. The highest BCUT2D eigenvalue weighted by atomic mass is 35.5. The molecule has 0 saturated carbocycles. The van der Waals surface area contributed by atoms with Crippen LogP contribution in [0, 0.1) is 10.1 Å². The first-order valence-electron chi connectivity index (χ1n) is 5.81. The maximum absolute atomic E-state index is 12.1. The number of aryl methyl sites for hydroxylation is 1. The predicted molar refractivity (Wildman–Crippen MR) is 77.7 cm³/mol. The number of amides is 1. The lowest BCUT2D eigenvalue weighted by atomic mass is 10.1. The molecule has 0 aliphatic heterocycles. The molecule has 108 valence electrons. The van der Waals surface area contributed by atoms with Crippen molar-refractivity contribution >= 4 is 28.9 Å². The first-order chi connectivity index (χ1) is 9.90. The first-order valence-corrected chi connectivity index (χ1v) is 6.19. The molecule has 21 heavy (non-hydrogen) atoms. The van der Waals surface area contributed by atoms with Crippen molar-refractivity contribution in [3.8, 4) is 0 Å². The molecule has 0 fully saturated rings. The second-order valence-electron chi connectivity index (χ2n) is 4.21. The Labute approximate surface area is 123 Å². The molecular formula is C13H10ClN3O4. The van der Waals surface area contributed by atoms with Crippen LogP contribution in [0.1, 0.15) is 10.4 Å². The molecule has 0 saturated heterocycles. The Morgan fingerprint density at radius 3 is 2.67 bits per heavy atom. The van der Waals surface area contributed by atoms with Gasteiger partial charge in [-0.3, -0.25) is 19.7 Å². The quantitative estimate of drug-likeness (QED) is 0.694. The van der Waals surface area contributed by atoms with Crippen LogP contribution in [0.5, 0.6) is 0 Å². The van der Waals surface area contributed by atoms with Gasteiger partial charge in [0.1, 0.15) is 10.6 Å². The van der Waals surface area contributed by atoms with E-state index >= 15 is 0 Å². The largest absolute Gasteiger partial charge is 0.320 e. The van der Waals surface area contributed by atoms with Crippen molar-refractivity contribution in [3.63, 3.8) is 0 Å². The maximum atomic E-state index is 12.1. The molecule has 0 atom stereocenters. The molecular weight excluding hydrogens is 298 g/mol. The van der Waals surface area contributed by atoms with Crippen LogP contribution >= 0.6 is 11.6 Å². The number of nitrogens with one attached hydrogen (secondary N) is 1. The van der Waals surface area contributed by atoms with Gasteiger partial charge in [-0.25, -0.2) is 0 Å². The van der Waals surface area contributed by atoms with Gasteiger partial charge in [-0.2, -0.15) is 0 Å². The number of rotatable bonds is 3. The van der Waals surface area contributed by atoms with Crippen LogP contribution in [-0.2, 0) is 7.05 Å². The Hall–Kier alpha value is -2.67. The average Bonchev–Trinajstić information content (AvgIpc) is 2.42. The van der Waals surface area contributed by atoms with Crippen molar-refractivity contribution in [2.75, 3.05) is 5.32 Å². The highest BCUT2D eigenvalue weighted by molar-refractivity contribution is 6.33. The molecule has 1 aromatic heterocycles. The third-order valence-electron chi connectivity index (χ3n) is 2.76. The minimum atomic E-state index is -0.710. The van der Waals surface area contributed by atoms with E-state index in [1.807, 2.05) is 0 Å². The van der Waals surface area contributed by atoms with Crippen molar-refractivity contribution in [1.29, 1.82) is 0 Å². The van der Waals surface area contributed by atoms with Crippen molar-refractivity contribution < 1.29 is 9.72 Å². The molecule has 0 spiro atoms. The molecule has 0 aliphatic rings. The van der Waals surface area contributed by atoms with Crippen LogP contribution in [0.15, 0.2) is 41.3 Å². The number of benzene rings is 1. The molecule has 2 aromatic rings. The minimum Gasteiger partial charge on any atom is -0.320 e. The topological polar surface area (TPSA) is 94.2 Å². The summed E-state index contributed by atoms with van der Waals surface area (Å²) in [5, 5.41) is 13.4. The van der Waals surface area contributed by atoms with Crippen LogP contribution < -0.4 is 10.9 Å². The fourth-order valence-corrected chi connectivity index (χ4v) is 1.99. The van der Waals surface area contributed by atoms with Gasteiger partial charge in [0, 0.05) is 19.3 Å². The van der Waals surface area contributed by atoms with Gasteiger partial charge in [-0.05, 0) is 18.2 Å². The number of aromatic nitrogens is 1. The number of nitrogens with zero attached hydrogens (tertiary/aromatic N) is 2. The van der Waals surface area contributed by atoms with Crippen molar-refractivity contribution in [3.05, 3.63) is 67.6 Å². The van der Waals surface area contributed by atoms with Gasteiger partial charge in [0.2, 0.25) is 5.56 Å². The number of anilines is 1. The van der Waals surface area contributed by atoms with Crippen LogP contribution in [0.25, 0.3) is 0 Å². The van der Waals surface area contributed by atoms with Gasteiger partial charge in [-0.1, -0.05) is 17.7 Å². The zero-order valence-corrected chi connectivity index (χ0v) is 11.6. The summed E-state index contributed by atoms with van der Waals surface area (Å²) < 4.78 is 1.28. The van der Waals surface area contributed by atoms with Crippen LogP contribution in [0.4, 0.5) is 11.4 Å². The number of halogens is 1. The standard InChI is InChI=1S/C13H10ClN3O4/c1-16-7-8(5-6-11(16)18)15-13(19)9-3-2-4-10(14)12(9)17(20)21/h2-7H,1H3,(H,15,19). The number of carbonyl (C=O) groups is 1. The van der Waals surface area contributed by atoms with Gasteiger partial charge < -0.3 is 9.88 Å². The van der Waals surface area contributed by atoms with E-state index in [2.05, 4.69) is 5.32 Å². The number of hydrogen-bond acceptors (Lipinski definition) is 4. The smallest absolute Gasteiger partial charge is 0.300 e. The summed E-state index contributed by atoms with van der Waals surface area (Å²) in [6.45, 7) is 0. The molecule has 1 amide bonds. The summed E-state index contributed by atoms with van der Waals surface area (Å²) >= 11 is 5.75. The Kier molecular flexibility index (Phi) is 4.04. The maximum Gasteiger partial charge on any atom is 0.300 e. The molecule has 0 aliphatic carbocycles. The summed E-state index contributed by atoms with van der Waals surface area (Å²) in [5.41, 5.74) is -0.499. The van der Waals surface area contributed by atoms with E-state index < -0.39 is 16.5 Å². The molecule has 7 nitrogen and oxygen atoms in total. The van der Waals surface area contributed by atoms with Crippen molar-refractivity contribution in [1.82, 2.24) is 4.57 Å². The third-order valence-corrected chi connectivity index (χ3v) is 3.06. The first kappa shape index (κ1) is 14.7. The second kappa shape index (κ2) is 5.76. The number of hydrogen-bond donors (Lipinski definition) is 1. The summed E-state index contributed by atoms with van der Waals surface area (Å²) in [7, 11) is 1.53. The number of nitro benzene ring substituents is 1. The van der Waals surface area contributed by atoms with Gasteiger partial charge in [0.15, 0.2) is 0 Å². The Bertz CT molecular complexity index is 785. The van der Waals surface area contributed by atoms with Crippen molar-refractivity contribution in [2.24, 2.45) is 7.05 Å². The molecule has 8 heteroatoms. The molecule has 1 N–H and O–H groups in total. The van der Waals surface area contributed by atoms with Gasteiger partial charge >= 0.3 is 5.69 Å². The highest BCUT2D eigenvalue weighted by Crippen LogP contribution is 2.28. The number of nitro groups is 1. The molecule has 1 aromatic carbocycles. The zero-order valence-electron chi connectivity index (χ0n) is 10.9. The number of carbonyl (C=O) groups excluding carboxylic acids is 1. The second-order valence-corrected chi connectivity index (χ2v) is 4.62. The fourth-order valence-electron chi connectivity index (χ4n) is 1.75. The van der Waals surface area contributed by atoms with Crippen LogP contribution in [0.3, 0.4) is 0 Å². The zero-order chi connectivity index (χ0) is 15.6. The van der Waals surface area contributed by atoms with E-state index in [0.29, 0.717) is 5.69 Å². The van der Waals surface area contributed by atoms with E-state index in [4.69, 9.17) is 11.6 Å². The lowest BCUT2D eigenvalue weighted by molar-refractivity contribution is -0.385. The summed E-state index contributed by atoms with van der Waals surface area (Å²) in [6, 6.07) is 6.79. The van der Waals surface area contributed by atoms with Gasteiger partial charge in [-0.15, -0.1) is 0 Å². The Balaban J connectivity index is 2.37. The Morgan fingerprint density at radius 1 is 1.33 bits per heavy atom. The monoisotopic (exact) mass is 307 g/mol. The number of pyridine rings is 1. The summed E-state index contributed by atoms with van der Waals surface area (Å²) in [5.74, 6) is -0.678. The molecule has 1 heterocycles. The van der Waals surface area contributed by atoms with Gasteiger partial charge in [0.25, 0.3) is 5.91 Å². The molecule has 0 unspecified atom stereocenters. The SMILES string of the molecule is Cn1cc(NC(=O)c2cccc(Cl)c2[N+](=O)[O-])ccc1=O. The lowest BCUT2D eigenvalue weighted by Crippen LogP contribution is -2.18. The molecule has 0 radical (unpaired) electrons. The summed E-state index contributed by atoms with van der Waals surface area (Å²) in [4.78, 5) is 33.7. The normalized spacial score (nSPS) is 10.2. The van der Waals surface area contributed by atoms with E-state index in [-0.39, 0.29) is 16.1 Å². The molecule has 2 rings (SSSR count). The van der Waals surface area contributed by atoms with E-state index in [1.54, 1.807) is 0 Å². The Morgan fingerprint density at radius 2 is 2.05 bits per heavy atom. The lowest BCUT2D eigenvalue weighted by Gasteiger charge is -2.07. The summed E-state index contributed by atoms with van der Waals surface area (Å²) in [6.07, 6.45) is 1.41. The van der Waals surface area contributed by atoms with Crippen LogP contribution in [0.2, 0.25) is 5.02 Å². The predicted octanol–water partition coefficient (Wildman–Crippen LogP) is 2.20. The van der Waals surface area contributed by atoms with E-state index in [0.717, 1.165) is 0 Å². The van der Waals surface area contributed by atoms with Gasteiger partial charge in [0.05, 0.1) is 10.6 Å².